The number of nitrogens with two attached hydrogens (primary N) is 1. The second kappa shape index (κ2) is 6.15. The van der Waals surface area contributed by atoms with Gasteiger partial charge in [0.1, 0.15) is 6.04 Å². The molecular formula is C10H20N2O4. The molecule has 0 amide bonds. The standard InChI is InChI=1S/C10H20N2O4/c1-14-8-5-12(6-9(8)15-2)4-7(11)10(13)16-3/h7-9H,4-6,11H2,1-3H3. The zero-order valence-electron chi connectivity index (χ0n) is 10.0. The molecule has 3 unspecified atom stereocenters. The van der Waals surface area contributed by atoms with E-state index in [4.69, 9.17) is 15.2 Å². The zero-order valence-corrected chi connectivity index (χ0v) is 10.0. The lowest BCUT2D eigenvalue weighted by atomic mass is 10.3. The fraction of sp³-hybridized carbons (Fsp3) is 0.900. The summed E-state index contributed by atoms with van der Waals surface area (Å²) in [4.78, 5) is 13.2. The van der Waals surface area contributed by atoms with Gasteiger partial charge in [0.25, 0.3) is 0 Å². The Morgan fingerprint density at radius 1 is 1.31 bits per heavy atom. The summed E-state index contributed by atoms with van der Waals surface area (Å²) in [7, 11) is 4.64. The molecule has 0 spiro atoms. The Morgan fingerprint density at radius 2 is 1.81 bits per heavy atom. The number of rotatable bonds is 5. The maximum absolute atomic E-state index is 11.2. The lowest BCUT2D eigenvalue weighted by Crippen LogP contribution is -2.43. The third kappa shape index (κ3) is 3.15. The summed E-state index contributed by atoms with van der Waals surface area (Å²) in [6.45, 7) is 1.91. The van der Waals surface area contributed by atoms with Gasteiger partial charge >= 0.3 is 5.97 Å². The van der Waals surface area contributed by atoms with E-state index in [-0.39, 0.29) is 12.2 Å². The van der Waals surface area contributed by atoms with Crippen LogP contribution in [0.4, 0.5) is 0 Å². The smallest absolute Gasteiger partial charge is 0.323 e. The number of likely N-dealkylation sites (tertiary alicyclic amines) is 1. The average molecular weight is 232 g/mol. The fourth-order valence-electron chi connectivity index (χ4n) is 1.92. The Hall–Kier alpha value is -0.690. The van der Waals surface area contributed by atoms with Crippen molar-refractivity contribution in [2.75, 3.05) is 41.0 Å². The van der Waals surface area contributed by atoms with Gasteiger partial charge in [0.15, 0.2) is 0 Å². The predicted octanol–water partition coefficient (Wildman–Crippen LogP) is -1.17. The van der Waals surface area contributed by atoms with Crippen LogP contribution in [0.1, 0.15) is 0 Å². The van der Waals surface area contributed by atoms with Gasteiger partial charge in [-0.3, -0.25) is 9.69 Å². The maximum Gasteiger partial charge on any atom is 0.323 e. The molecule has 1 aliphatic rings. The maximum atomic E-state index is 11.2. The first-order valence-electron chi connectivity index (χ1n) is 5.23. The van der Waals surface area contributed by atoms with E-state index in [0.29, 0.717) is 6.54 Å². The minimum Gasteiger partial charge on any atom is -0.468 e. The third-order valence-electron chi connectivity index (χ3n) is 2.86. The lowest BCUT2D eigenvalue weighted by molar-refractivity contribution is -0.142. The molecule has 1 heterocycles. The van der Waals surface area contributed by atoms with E-state index in [1.54, 1.807) is 14.2 Å². The van der Waals surface area contributed by atoms with E-state index in [1.807, 2.05) is 4.90 Å². The van der Waals surface area contributed by atoms with Crippen LogP contribution >= 0.6 is 0 Å². The molecule has 6 nitrogen and oxygen atoms in total. The van der Waals surface area contributed by atoms with E-state index in [2.05, 4.69) is 4.74 Å². The Balaban J connectivity index is 2.43. The molecule has 94 valence electrons. The molecule has 1 rings (SSSR count). The van der Waals surface area contributed by atoms with Crippen molar-refractivity contribution in [3.05, 3.63) is 0 Å². The molecule has 0 saturated carbocycles. The number of methoxy groups -OCH3 is 3. The van der Waals surface area contributed by atoms with E-state index < -0.39 is 12.0 Å². The normalized spacial score (nSPS) is 28.0. The van der Waals surface area contributed by atoms with Gasteiger partial charge in [-0.2, -0.15) is 0 Å². The molecule has 0 bridgehead atoms. The van der Waals surface area contributed by atoms with E-state index in [9.17, 15) is 4.79 Å². The minimum absolute atomic E-state index is 0.0369. The van der Waals surface area contributed by atoms with Crippen molar-refractivity contribution in [3.63, 3.8) is 0 Å². The van der Waals surface area contributed by atoms with Crippen LogP contribution in [-0.2, 0) is 19.0 Å². The lowest BCUT2D eigenvalue weighted by Gasteiger charge is -2.18. The Labute approximate surface area is 95.6 Å². The molecule has 0 radical (unpaired) electrons. The largest absolute Gasteiger partial charge is 0.468 e. The van der Waals surface area contributed by atoms with Gasteiger partial charge in [0, 0.05) is 33.9 Å². The van der Waals surface area contributed by atoms with Gasteiger partial charge in [-0.25, -0.2) is 0 Å². The molecule has 0 aromatic carbocycles. The average Bonchev–Trinajstić information content (AvgIpc) is 2.69. The fourth-order valence-corrected chi connectivity index (χ4v) is 1.92. The van der Waals surface area contributed by atoms with Gasteiger partial charge < -0.3 is 19.9 Å². The van der Waals surface area contributed by atoms with Crippen LogP contribution in [0.15, 0.2) is 0 Å². The highest BCUT2D eigenvalue weighted by Crippen LogP contribution is 2.15. The van der Waals surface area contributed by atoms with Crippen molar-refractivity contribution in [2.45, 2.75) is 18.2 Å². The molecule has 3 atom stereocenters. The van der Waals surface area contributed by atoms with Crippen LogP contribution in [0.3, 0.4) is 0 Å². The molecule has 1 saturated heterocycles. The highest BCUT2D eigenvalue weighted by Gasteiger charge is 2.34. The van der Waals surface area contributed by atoms with Gasteiger partial charge in [0.2, 0.25) is 0 Å². The summed E-state index contributed by atoms with van der Waals surface area (Å²) >= 11 is 0. The SMILES string of the molecule is COC(=O)C(N)CN1CC(OC)C(OC)C1. The zero-order chi connectivity index (χ0) is 12.1. The van der Waals surface area contributed by atoms with Crippen molar-refractivity contribution < 1.29 is 19.0 Å². The van der Waals surface area contributed by atoms with Crippen molar-refractivity contribution >= 4 is 5.97 Å². The Morgan fingerprint density at radius 3 is 2.19 bits per heavy atom. The van der Waals surface area contributed by atoms with Gasteiger partial charge in [-0.05, 0) is 0 Å². The van der Waals surface area contributed by atoms with Crippen LogP contribution in [-0.4, -0.2) is 70.1 Å². The monoisotopic (exact) mass is 232 g/mol. The molecule has 0 aliphatic carbocycles. The topological polar surface area (TPSA) is 74.0 Å². The molecule has 0 aromatic heterocycles. The number of carbonyl (C=O) groups excluding carboxylic acids is 1. The summed E-state index contributed by atoms with van der Waals surface area (Å²) in [6, 6.07) is -0.613. The predicted molar refractivity (Wildman–Crippen MR) is 58.0 cm³/mol. The van der Waals surface area contributed by atoms with Crippen LogP contribution in [0.5, 0.6) is 0 Å². The van der Waals surface area contributed by atoms with Gasteiger partial charge in [-0.15, -0.1) is 0 Å². The summed E-state index contributed by atoms with van der Waals surface area (Å²) < 4.78 is 15.2. The minimum atomic E-state index is -0.613. The van der Waals surface area contributed by atoms with Crippen LogP contribution in [0, 0.1) is 0 Å². The second-order valence-corrected chi connectivity index (χ2v) is 3.90. The number of ether oxygens (including phenoxy) is 3. The Bertz CT molecular complexity index is 225. The van der Waals surface area contributed by atoms with Crippen LogP contribution in [0.2, 0.25) is 0 Å². The van der Waals surface area contributed by atoms with Crippen molar-refractivity contribution in [1.82, 2.24) is 4.90 Å². The molecule has 0 aromatic rings. The summed E-state index contributed by atoms with van der Waals surface area (Å²) in [6.07, 6.45) is 0.0738. The first-order valence-corrected chi connectivity index (χ1v) is 5.23. The molecule has 6 heteroatoms. The van der Waals surface area contributed by atoms with Crippen molar-refractivity contribution in [3.8, 4) is 0 Å². The summed E-state index contributed by atoms with van der Waals surface area (Å²) in [5, 5.41) is 0. The first kappa shape index (κ1) is 13.4. The third-order valence-corrected chi connectivity index (χ3v) is 2.86. The van der Waals surface area contributed by atoms with Crippen molar-refractivity contribution in [1.29, 1.82) is 0 Å². The summed E-state index contributed by atoms with van der Waals surface area (Å²) in [5.74, 6) is -0.394. The van der Waals surface area contributed by atoms with E-state index in [1.165, 1.54) is 7.11 Å². The quantitative estimate of drug-likeness (QED) is 0.602. The van der Waals surface area contributed by atoms with Crippen molar-refractivity contribution in [2.24, 2.45) is 5.73 Å². The number of esters is 1. The van der Waals surface area contributed by atoms with E-state index in [0.717, 1.165) is 13.1 Å². The number of hydrogen-bond acceptors (Lipinski definition) is 6. The summed E-state index contributed by atoms with van der Waals surface area (Å²) in [5.41, 5.74) is 5.68. The Kier molecular flexibility index (Phi) is 5.14. The second-order valence-electron chi connectivity index (χ2n) is 3.90. The highest BCUT2D eigenvalue weighted by atomic mass is 16.5. The van der Waals surface area contributed by atoms with Gasteiger partial charge in [0.05, 0.1) is 19.3 Å². The number of nitrogens with zero attached hydrogens (tertiary/aromatic N) is 1. The molecule has 16 heavy (non-hydrogen) atoms. The number of carbonyl (C=O) groups is 1. The molecular weight excluding hydrogens is 212 g/mol. The molecule has 2 N–H and O–H groups in total. The number of hydrogen-bond donors (Lipinski definition) is 1. The van der Waals surface area contributed by atoms with Crippen LogP contribution < -0.4 is 5.73 Å². The van der Waals surface area contributed by atoms with E-state index >= 15 is 0 Å². The first-order chi connectivity index (χ1) is 7.62. The highest BCUT2D eigenvalue weighted by molar-refractivity contribution is 5.75. The van der Waals surface area contributed by atoms with Crippen LogP contribution in [0.25, 0.3) is 0 Å². The molecule has 1 fully saturated rings. The van der Waals surface area contributed by atoms with Gasteiger partial charge in [-0.1, -0.05) is 0 Å². The molecule has 1 aliphatic heterocycles.